The smallest absolute Gasteiger partial charge is 0.264 e. The number of aromatic nitrogens is 1. The highest BCUT2D eigenvalue weighted by molar-refractivity contribution is 7.92. The SMILES string of the molecule is Cc1nc(CC(=O)Nc2cccc(S(=O)(=O)N(C)c3ccccc3)c2)cs1. The molecule has 1 N–H and O–H groups in total. The normalized spacial score (nSPS) is 11.2. The van der Waals surface area contributed by atoms with Crippen molar-refractivity contribution < 1.29 is 13.2 Å². The van der Waals surface area contributed by atoms with E-state index < -0.39 is 10.0 Å². The summed E-state index contributed by atoms with van der Waals surface area (Å²) in [5.41, 5.74) is 1.68. The standard InChI is InChI=1S/C19H19N3O3S2/c1-14-20-16(13-26-14)12-19(23)21-15-7-6-10-18(11-15)27(24,25)22(2)17-8-4-3-5-9-17/h3-11,13H,12H2,1-2H3,(H,21,23). The largest absolute Gasteiger partial charge is 0.326 e. The van der Waals surface area contributed by atoms with Crippen LogP contribution >= 0.6 is 11.3 Å². The van der Waals surface area contributed by atoms with Gasteiger partial charge in [-0.25, -0.2) is 13.4 Å². The molecule has 140 valence electrons. The van der Waals surface area contributed by atoms with Crippen molar-refractivity contribution in [2.75, 3.05) is 16.7 Å². The molecule has 0 aliphatic rings. The Balaban J connectivity index is 1.77. The molecule has 3 aromatic rings. The number of thiazole rings is 1. The van der Waals surface area contributed by atoms with Gasteiger partial charge in [0.25, 0.3) is 10.0 Å². The van der Waals surface area contributed by atoms with E-state index in [1.807, 2.05) is 18.4 Å². The molecule has 0 atom stereocenters. The maximum absolute atomic E-state index is 12.9. The number of carbonyl (C=O) groups is 1. The van der Waals surface area contributed by atoms with Crippen LogP contribution in [0.25, 0.3) is 0 Å². The van der Waals surface area contributed by atoms with Crippen LogP contribution in [0.1, 0.15) is 10.7 Å². The Morgan fingerprint density at radius 2 is 1.89 bits per heavy atom. The summed E-state index contributed by atoms with van der Waals surface area (Å²) in [6, 6.07) is 15.0. The Morgan fingerprint density at radius 3 is 2.56 bits per heavy atom. The van der Waals surface area contributed by atoms with Gasteiger partial charge < -0.3 is 5.32 Å². The van der Waals surface area contributed by atoms with E-state index in [1.54, 1.807) is 36.4 Å². The Labute approximate surface area is 162 Å². The average molecular weight is 402 g/mol. The number of nitrogens with one attached hydrogen (secondary N) is 1. The summed E-state index contributed by atoms with van der Waals surface area (Å²) in [4.78, 5) is 16.6. The lowest BCUT2D eigenvalue weighted by Crippen LogP contribution is -2.26. The van der Waals surface area contributed by atoms with Crippen LogP contribution in [0.3, 0.4) is 0 Å². The van der Waals surface area contributed by atoms with E-state index >= 15 is 0 Å². The van der Waals surface area contributed by atoms with E-state index in [0.29, 0.717) is 17.1 Å². The number of hydrogen-bond donors (Lipinski definition) is 1. The Kier molecular flexibility index (Phi) is 5.57. The monoisotopic (exact) mass is 401 g/mol. The average Bonchev–Trinajstić information content (AvgIpc) is 3.06. The van der Waals surface area contributed by atoms with E-state index in [9.17, 15) is 13.2 Å². The molecule has 0 radical (unpaired) electrons. The second-order valence-corrected chi connectivity index (χ2v) is 8.95. The summed E-state index contributed by atoms with van der Waals surface area (Å²) in [5, 5.41) is 5.47. The summed E-state index contributed by atoms with van der Waals surface area (Å²) in [7, 11) is -2.23. The number of carbonyl (C=O) groups excluding carboxylic acids is 1. The van der Waals surface area contributed by atoms with Gasteiger partial charge in [-0.05, 0) is 37.3 Å². The van der Waals surface area contributed by atoms with Crippen molar-refractivity contribution in [2.24, 2.45) is 0 Å². The quantitative estimate of drug-likeness (QED) is 0.686. The van der Waals surface area contributed by atoms with Crippen molar-refractivity contribution in [3.8, 4) is 0 Å². The number of aryl methyl sites for hydroxylation is 1. The fourth-order valence-corrected chi connectivity index (χ4v) is 4.38. The summed E-state index contributed by atoms with van der Waals surface area (Å²) in [6.07, 6.45) is 0.144. The molecule has 0 spiro atoms. The van der Waals surface area contributed by atoms with Gasteiger partial charge in [0, 0.05) is 18.1 Å². The first-order valence-electron chi connectivity index (χ1n) is 8.21. The topological polar surface area (TPSA) is 79.4 Å². The van der Waals surface area contributed by atoms with Crippen molar-refractivity contribution in [2.45, 2.75) is 18.2 Å². The zero-order chi connectivity index (χ0) is 19.4. The molecule has 1 amide bonds. The van der Waals surface area contributed by atoms with Crippen molar-refractivity contribution in [3.63, 3.8) is 0 Å². The van der Waals surface area contributed by atoms with Crippen LogP contribution in [-0.2, 0) is 21.2 Å². The second kappa shape index (κ2) is 7.89. The summed E-state index contributed by atoms with van der Waals surface area (Å²) < 4.78 is 27.0. The predicted octanol–water partition coefficient (Wildman–Crippen LogP) is 3.46. The summed E-state index contributed by atoms with van der Waals surface area (Å²) in [5.74, 6) is -0.244. The molecule has 0 bridgehead atoms. The highest BCUT2D eigenvalue weighted by Crippen LogP contribution is 2.23. The van der Waals surface area contributed by atoms with Crippen LogP contribution in [-0.4, -0.2) is 26.4 Å². The van der Waals surface area contributed by atoms with Crippen molar-refractivity contribution in [1.29, 1.82) is 0 Å². The molecule has 1 aromatic heterocycles. The third-order valence-corrected chi connectivity index (χ3v) is 6.51. The van der Waals surface area contributed by atoms with Gasteiger partial charge in [0.05, 0.1) is 27.7 Å². The van der Waals surface area contributed by atoms with Gasteiger partial charge >= 0.3 is 0 Å². The number of rotatable bonds is 6. The number of sulfonamides is 1. The molecule has 0 aliphatic heterocycles. The summed E-state index contributed by atoms with van der Waals surface area (Å²) >= 11 is 1.48. The van der Waals surface area contributed by atoms with E-state index in [2.05, 4.69) is 10.3 Å². The van der Waals surface area contributed by atoms with Crippen molar-refractivity contribution >= 4 is 38.6 Å². The minimum Gasteiger partial charge on any atom is -0.326 e. The van der Waals surface area contributed by atoms with E-state index in [1.165, 1.54) is 34.8 Å². The maximum atomic E-state index is 12.9. The Hall–Kier alpha value is -2.71. The number of nitrogens with zero attached hydrogens (tertiary/aromatic N) is 2. The molecule has 0 aliphatic carbocycles. The number of anilines is 2. The summed E-state index contributed by atoms with van der Waals surface area (Å²) in [6.45, 7) is 1.88. The highest BCUT2D eigenvalue weighted by Gasteiger charge is 2.21. The van der Waals surface area contributed by atoms with E-state index in [-0.39, 0.29) is 17.2 Å². The molecule has 0 saturated carbocycles. The van der Waals surface area contributed by atoms with Crippen LogP contribution in [0.4, 0.5) is 11.4 Å². The molecule has 0 saturated heterocycles. The van der Waals surface area contributed by atoms with Crippen molar-refractivity contribution in [1.82, 2.24) is 4.98 Å². The van der Waals surface area contributed by atoms with Crippen LogP contribution in [0.2, 0.25) is 0 Å². The van der Waals surface area contributed by atoms with Gasteiger partial charge in [-0.2, -0.15) is 0 Å². The third kappa shape index (κ3) is 4.53. The van der Waals surface area contributed by atoms with Gasteiger partial charge in [-0.15, -0.1) is 11.3 Å². The molecular formula is C19H19N3O3S2. The molecule has 2 aromatic carbocycles. The molecule has 6 nitrogen and oxygen atoms in total. The zero-order valence-corrected chi connectivity index (χ0v) is 16.5. The Bertz CT molecular complexity index is 1050. The number of para-hydroxylation sites is 1. The highest BCUT2D eigenvalue weighted by atomic mass is 32.2. The number of hydrogen-bond acceptors (Lipinski definition) is 5. The molecule has 1 heterocycles. The fourth-order valence-electron chi connectivity index (χ4n) is 2.53. The van der Waals surface area contributed by atoms with Gasteiger partial charge in [-0.1, -0.05) is 24.3 Å². The van der Waals surface area contributed by atoms with Crippen LogP contribution in [0.5, 0.6) is 0 Å². The van der Waals surface area contributed by atoms with Gasteiger partial charge in [0.2, 0.25) is 5.91 Å². The first-order chi connectivity index (χ1) is 12.9. The lowest BCUT2D eigenvalue weighted by molar-refractivity contribution is -0.115. The second-order valence-electron chi connectivity index (χ2n) is 5.92. The number of amides is 1. The van der Waals surface area contributed by atoms with Gasteiger partial charge in [-0.3, -0.25) is 9.10 Å². The third-order valence-electron chi connectivity index (χ3n) is 3.90. The van der Waals surface area contributed by atoms with Crippen LogP contribution in [0, 0.1) is 6.92 Å². The van der Waals surface area contributed by atoms with Crippen LogP contribution < -0.4 is 9.62 Å². The van der Waals surface area contributed by atoms with Gasteiger partial charge in [0.15, 0.2) is 0 Å². The molecular weight excluding hydrogens is 382 g/mol. The zero-order valence-electron chi connectivity index (χ0n) is 14.9. The van der Waals surface area contributed by atoms with Crippen molar-refractivity contribution in [3.05, 3.63) is 70.7 Å². The molecule has 27 heavy (non-hydrogen) atoms. The van der Waals surface area contributed by atoms with E-state index in [0.717, 1.165) is 5.01 Å². The van der Waals surface area contributed by atoms with E-state index in [4.69, 9.17) is 0 Å². The minimum atomic E-state index is -3.73. The molecule has 0 fully saturated rings. The lowest BCUT2D eigenvalue weighted by atomic mass is 10.3. The Morgan fingerprint density at radius 1 is 1.15 bits per heavy atom. The van der Waals surface area contributed by atoms with Crippen LogP contribution in [0.15, 0.2) is 64.9 Å². The first kappa shape index (κ1) is 19.1. The molecule has 0 unspecified atom stereocenters. The van der Waals surface area contributed by atoms with Gasteiger partial charge in [0.1, 0.15) is 0 Å². The minimum absolute atomic E-state index is 0.108. The fraction of sp³-hybridized carbons (Fsp3) is 0.158. The first-order valence-corrected chi connectivity index (χ1v) is 10.5. The lowest BCUT2D eigenvalue weighted by Gasteiger charge is -2.19. The predicted molar refractivity (Wildman–Crippen MR) is 108 cm³/mol. The maximum Gasteiger partial charge on any atom is 0.264 e. The number of benzene rings is 2. The molecule has 8 heteroatoms. The molecule has 3 rings (SSSR count).